The van der Waals surface area contributed by atoms with Gasteiger partial charge in [-0.05, 0) is 48.7 Å². The zero-order valence-electron chi connectivity index (χ0n) is 11.3. The summed E-state index contributed by atoms with van der Waals surface area (Å²) in [5.74, 6) is 0.148. The first-order valence-corrected chi connectivity index (χ1v) is 6.35. The van der Waals surface area contributed by atoms with E-state index in [0.717, 1.165) is 22.4 Å². The van der Waals surface area contributed by atoms with Crippen LogP contribution in [0.1, 0.15) is 19.4 Å². The maximum absolute atomic E-state index is 12.2. The van der Waals surface area contributed by atoms with Crippen LogP contribution in [0, 0.1) is 0 Å². The molecule has 1 aromatic heterocycles. The minimum absolute atomic E-state index is 0.148. The molecule has 1 aliphatic heterocycles. The third-order valence-electron chi connectivity index (χ3n) is 3.89. The number of likely N-dealkylation sites (N-methyl/N-ethyl adjacent to an activating group) is 1. The molecule has 0 bridgehead atoms. The Hall–Kier alpha value is -2.16. The summed E-state index contributed by atoms with van der Waals surface area (Å²) in [6, 6.07) is 10.2. The van der Waals surface area contributed by atoms with Crippen LogP contribution in [-0.2, 0) is 10.2 Å². The highest BCUT2D eigenvalue weighted by molar-refractivity contribution is 6.07. The Morgan fingerprint density at radius 1 is 1.05 bits per heavy atom. The van der Waals surface area contributed by atoms with Gasteiger partial charge in [0.05, 0.1) is 5.41 Å². The van der Waals surface area contributed by atoms with Crippen molar-refractivity contribution in [2.75, 3.05) is 11.9 Å². The zero-order valence-corrected chi connectivity index (χ0v) is 11.3. The molecule has 3 heteroatoms. The van der Waals surface area contributed by atoms with Crippen molar-refractivity contribution >= 4 is 11.6 Å². The van der Waals surface area contributed by atoms with E-state index >= 15 is 0 Å². The van der Waals surface area contributed by atoms with Gasteiger partial charge < -0.3 is 4.90 Å². The Bertz CT molecular complexity index is 647. The van der Waals surface area contributed by atoms with Crippen molar-refractivity contribution < 1.29 is 4.79 Å². The molecular weight excluding hydrogens is 236 g/mol. The van der Waals surface area contributed by atoms with Crippen molar-refractivity contribution in [1.82, 2.24) is 4.98 Å². The highest BCUT2D eigenvalue weighted by atomic mass is 16.2. The summed E-state index contributed by atoms with van der Waals surface area (Å²) in [6.07, 6.45) is 3.56. The standard InChI is InChI=1S/C16H16N2O/c1-16(2)13-5-4-12(11-6-8-17-9-7-11)10-14(13)18(3)15(16)19/h4-10H,1-3H3. The van der Waals surface area contributed by atoms with Crippen LogP contribution in [0.3, 0.4) is 0 Å². The number of aromatic nitrogens is 1. The van der Waals surface area contributed by atoms with E-state index < -0.39 is 5.41 Å². The van der Waals surface area contributed by atoms with E-state index in [4.69, 9.17) is 0 Å². The number of pyridine rings is 1. The molecule has 1 amide bonds. The van der Waals surface area contributed by atoms with Gasteiger partial charge in [0.15, 0.2) is 0 Å². The molecule has 1 aliphatic rings. The number of benzene rings is 1. The normalized spacial score (nSPS) is 16.6. The Balaban J connectivity index is 2.15. The van der Waals surface area contributed by atoms with Gasteiger partial charge in [0.2, 0.25) is 5.91 Å². The van der Waals surface area contributed by atoms with Crippen molar-refractivity contribution in [3.8, 4) is 11.1 Å². The zero-order chi connectivity index (χ0) is 13.6. The number of rotatable bonds is 1. The summed E-state index contributed by atoms with van der Waals surface area (Å²) in [5, 5.41) is 0. The molecule has 0 N–H and O–H groups in total. The quantitative estimate of drug-likeness (QED) is 0.781. The third kappa shape index (κ3) is 1.65. The van der Waals surface area contributed by atoms with E-state index in [1.165, 1.54) is 0 Å². The summed E-state index contributed by atoms with van der Waals surface area (Å²) >= 11 is 0. The van der Waals surface area contributed by atoms with E-state index in [1.54, 1.807) is 17.3 Å². The number of anilines is 1. The van der Waals surface area contributed by atoms with Crippen molar-refractivity contribution in [2.24, 2.45) is 0 Å². The van der Waals surface area contributed by atoms with Gasteiger partial charge in [0.1, 0.15) is 0 Å². The average molecular weight is 252 g/mol. The van der Waals surface area contributed by atoms with Gasteiger partial charge in [-0.1, -0.05) is 12.1 Å². The van der Waals surface area contributed by atoms with Crippen molar-refractivity contribution in [2.45, 2.75) is 19.3 Å². The lowest BCUT2D eigenvalue weighted by Crippen LogP contribution is -2.33. The second kappa shape index (κ2) is 3.92. The van der Waals surface area contributed by atoms with E-state index in [0.29, 0.717) is 0 Å². The molecule has 19 heavy (non-hydrogen) atoms. The fourth-order valence-electron chi connectivity index (χ4n) is 2.71. The first kappa shape index (κ1) is 11.9. The van der Waals surface area contributed by atoms with Crippen LogP contribution in [0.15, 0.2) is 42.7 Å². The maximum atomic E-state index is 12.2. The molecule has 0 unspecified atom stereocenters. The summed E-state index contributed by atoms with van der Waals surface area (Å²) in [5.41, 5.74) is 3.89. The Kier molecular flexibility index (Phi) is 2.45. The molecule has 0 fully saturated rings. The topological polar surface area (TPSA) is 33.2 Å². The summed E-state index contributed by atoms with van der Waals surface area (Å²) in [6.45, 7) is 3.95. The fourth-order valence-corrected chi connectivity index (χ4v) is 2.71. The number of nitrogens with zero attached hydrogens (tertiary/aromatic N) is 2. The highest BCUT2D eigenvalue weighted by Crippen LogP contribution is 2.42. The molecule has 0 saturated carbocycles. The molecule has 2 aromatic rings. The molecule has 0 radical (unpaired) electrons. The van der Waals surface area contributed by atoms with Crippen LogP contribution >= 0.6 is 0 Å². The number of hydrogen-bond acceptors (Lipinski definition) is 2. The Labute approximate surface area is 112 Å². The van der Waals surface area contributed by atoms with Crippen LogP contribution in [0.2, 0.25) is 0 Å². The largest absolute Gasteiger partial charge is 0.314 e. The first-order chi connectivity index (χ1) is 9.01. The number of fused-ring (bicyclic) bond motifs is 1. The van der Waals surface area contributed by atoms with Crippen molar-refractivity contribution in [3.63, 3.8) is 0 Å². The summed E-state index contributed by atoms with van der Waals surface area (Å²) in [4.78, 5) is 18.0. The van der Waals surface area contributed by atoms with Crippen LogP contribution in [0.5, 0.6) is 0 Å². The minimum Gasteiger partial charge on any atom is -0.314 e. The van der Waals surface area contributed by atoms with Crippen molar-refractivity contribution in [1.29, 1.82) is 0 Å². The van der Waals surface area contributed by atoms with Gasteiger partial charge in [-0.3, -0.25) is 9.78 Å². The van der Waals surface area contributed by atoms with Gasteiger partial charge in [-0.25, -0.2) is 0 Å². The Morgan fingerprint density at radius 2 is 1.74 bits per heavy atom. The van der Waals surface area contributed by atoms with E-state index in [1.807, 2.05) is 33.0 Å². The lowest BCUT2D eigenvalue weighted by Gasteiger charge is -2.16. The van der Waals surface area contributed by atoms with Crippen LogP contribution in [0.25, 0.3) is 11.1 Å². The van der Waals surface area contributed by atoms with Gasteiger partial charge in [0, 0.05) is 25.1 Å². The lowest BCUT2D eigenvalue weighted by molar-refractivity contribution is -0.121. The van der Waals surface area contributed by atoms with Crippen LogP contribution in [-0.4, -0.2) is 17.9 Å². The SMILES string of the molecule is CN1C(=O)C(C)(C)c2ccc(-c3ccncc3)cc21. The predicted octanol–water partition coefficient (Wildman–Crippen LogP) is 3.00. The molecule has 0 saturated heterocycles. The smallest absolute Gasteiger partial charge is 0.236 e. The maximum Gasteiger partial charge on any atom is 0.236 e. The predicted molar refractivity (Wildman–Crippen MR) is 76.1 cm³/mol. The lowest BCUT2D eigenvalue weighted by atomic mass is 9.85. The van der Waals surface area contributed by atoms with Crippen LogP contribution in [0.4, 0.5) is 5.69 Å². The molecule has 0 atom stereocenters. The second-order valence-corrected chi connectivity index (χ2v) is 5.46. The number of carbonyl (C=O) groups is 1. The molecule has 0 aliphatic carbocycles. The molecule has 0 spiro atoms. The summed E-state index contributed by atoms with van der Waals surface area (Å²) in [7, 11) is 1.84. The number of hydrogen-bond donors (Lipinski definition) is 0. The molecule has 1 aromatic carbocycles. The first-order valence-electron chi connectivity index (χ1n) is 6.35. The third-order valence-corrected chi connectivity index (χ3v) is 3.89. The average Bonchev–Trinajstić information content (AvgIpc) is 2.61. The molecule has 2 heterocycles. The monoisotopic (exact) mass is 252 g/mol. The number of amides is 1. The van der Waals surface area contributed by atoms with E-state index in [2.05, 4.69) is 23.2 Å². The summed E-state index contributed by atoms with van der Waals surface area (Å²) < 4.78 is 0. The van der Waals surface area contributed by atoms with Crippen LogP contribution < -0.4 is 4.90 Å². The molecule has 3 rings (SSSR count). The molecule has 96 valence electrons. The fraction of sp³-hybridized carbons (Fsp3) is 0.250. The van der Waals surface area contributed by atoms with Gasteiger partial charge >= 0.3 is 0 Å². The van der Waals surface area contributed by atoms with E-state index in [-0.39, 0.29) is 5.91 Å². The Morgan fingerprint density at radius 3 is 2.42 bits per heavy atom. The number of carbonyl (C=O) groups excluding carboxylic acids is 1. The van der Waals surface area contributed by atoms with Gasteiger partial charge in [-0.2, -0.15) is 0 Å². The molecule has 3 nitrogen and oxygen atoms in total. The van der Waals surface area contributed by atoms with E-state index in [9.17, 15) is 4.79 Å². The van der Waals surface area contributed by atoms with Gasteiger partial charge in [0.25, 0.3) is 0 Å². The minimum atomic E-state index is -0.430. The highest BCUT2D eigenvalue weighted by Gasteiger charge is 2.42. The van der Waals surface area contributed by atoms with Crippen molar-refractivity contribution in [3.05, 3.63) is 48.3 Å². The molecular formula is C16H16N2O. The second-order valence-electron chi connectivity index (χ2n) is 5.46. The van der Waals surface area contributed by atoms with Gasteiger partial charge in [-0.15, -0.1) is 0 Å².